The van der Waals surface area contributed by atoms with E-state index in [0.717, 1.165) is 49.9 Å². The Morgan fingerprint density at radius 2 is 0.622 bits per heavy atom. The number of ether oxygens (including phenoxy) is 4. The lowest BCUT2D eigenvalue weighted by molar-refractivity contribution is -0.250. The smallest absolute Gasteiger partial charge is 0.361 e. The van der Waals surface area contributed by atoms with E-state index in [2.05, 4.69) is 20.8 Å². The van der Waals surface area contributed by atoms with E-state index in [1.165, 1.54) is 41.5 Å². The van der Waals surface area contributed by atoms with Crippen LogP contribution in [0.5, 0.6) is 0 Å². The number of urea groups is 4. The van der Waals surface area contributed by atoms with Crippen LogP contribution >= 0.6 is 15.9 Å². The van der Waals surface area contributed by atoms with Gasteiger partial charge in [0.2, 0.25) is 52.9 Å². The van der Waals surface area contributed by atoms with Crippen LogP contribution in [0.2, 0.25) is 0 Å². The van der Waals surface area contributed by atoms with E-state index in [1.807, 2.05) is 42.5 Å². The maximum atomic E-state index is 15.1. The monoisotopic (exact) mass is 1890 g/mol. The first-order valence-electron chi connectivity index (χ1n) is 38.5. The lowest BCUT2D eigenvalue weighted by Crippen LogP contribution is -2.77. The number of rotatable bonds is 4. The number of hydrogen-bond donors (Lipinski definition) is 8. The van der Waals surface area contributed by atoms with Crippen LogP contribution in [0.1, 0.15) is 77.6 Å². The molecule has 127 heavy (non-hydrogen) atoms. The second-order valence-electron chi connectivity index (χ2n) is 33.4. The number of alkyl halides is 12. The molecule has 12 aliphatic rings. The van der Waals surface area contributed by atoms with Gasteiger partial charge in [-0.2, -0.15) is 52.7 Å². The van der Waals surface area contributed by atoms with Crippen molar-refractivity contribution in [3.63, 3.8) is 0 Å². The Balaban J connectivity index is 0.000000145. The van der Waals surface area contributed by atoms with Gasteiger partial charge in [0, 0.05) is 37.1 Å². The molecule has 4 aromatic carbocycles. The molecule has 0 saturated carbocycles. The first kappa shape index (κ1) is 93.6. The predicted molar refractivity (Wildman–Crippen MR) is 393 cm³/mol. The van der Waals surface area contributed by atoms with Crippen molar-refractivity contribution in [1.82, 2.24) is 42.5 Å². The largest absolute Gasteiger partial charge is 0.416 e. The number of carbonyl (C=O) groups excluding carboxylic acids is 12. The van der Waals surface area contributed by atoms with Crippen LogP contribution in [-0.4, -0.2) is 195 Å². The SMILES string of the molecule is CC(C)[C@@H]1O[C@H](C(F)(F)F)CN2c3c(F)cc(F)cc3CC3(C(=O)NC(=O)NC3=O)[C@@H]12.CC(C)[C@@H]1O[C@H](C(F)(F)F)CN2c3c(cc(Br)c(F)c3F)CC3(C(=O)NC(=O)NC3=O)[C@@H]12.CC(C)[C@@H]1O[C@H](C(F)(F)F)CN2c3cc(F)c(F)cc3CC3(C(=O)NC(=O)NC3=O)[C@@H]12.[C-]#[N+]c1cc2c(c(F)c1F)N1C[C@@H](C(F)(F)F)O[C@@H](C(C)C)[C@@H]1C1(C2)C(=O)NC(=O)NC1=O. The molecule has 0 bridgehead atoms. The summed E-state index contributed by atoms with van der Waals surface area (Å²) in [5.41, 5.74) is -11.2. The number of fused-ring (bicyclic) bond motifs is 16. The van der Waals surface area contributed by atoms with Crippen molar-refractivity contribution in [2.45, 2.75) is 179 Å². The molecule has 29 nitrogen and oxygen atoms in total. The highest BCUT2D eigenvalue weighted by Crippen LogP contribution is 2.57. The summed E-state index contributed by atoms with van der Waals surface area (Å²) in [5.74, 6) is -21.6. The van der Waals surface area contributed by atoms with Crippen LogP contribution in [0.15, 0.2) is 40.9 Å². The number of anilines is 4. The Bertz CT molecular complexity index is 5320. The van der Waals surface area contributed by atoms with Gasteiger partial charge in [0.25, 0.3) is 0 Å². The number of carbonyl (C=O) groups is 12. The van der Waals surface area contributed by atoms with Crippen LogP contribution in [0.3, 0.4) is 0 Å². The molecule has 12 heterocycles. The zero-order valence-electron chi connectivity index (χ0n) is 66.6. The van der Waals surface area contributed by atoms with Crippen molar-refractivity contribution < 1.29 is 164 Å². The van der Waals surface area contributed by atoms with Gasteiger partial charge >= 0.3 is 48.8 Å². The van der Waals surface area contributed by atoms with Crippen molar-refractivity contribution in [2.24, 2.45) is 45.3 Å². The standard InChI is InChI=1S/C20H17F5N4O4.C19H17BrF5N3O4.2C19H18F5N3O4/c1-7(2)14-15-19(16(30)27-18(32)28-17(19)31)5-8-4-9(26-3)11(21)12(22)13(8)29(15)6-10(33-14)20(23,24)25;1-6(2)13-14-18(15(29)26-17(31)27-16(18)30)4-7-3-8(20)10(21)11(22)12(7)28(14)5-9(32-13)19(23,24)25;1-7(2)13-14-18(15(28)25-17(30)26-16(18)29)5-8-3-9(20)10(21)4-11(8)27(14)6-12(31-13)19(22,23)24;1-7(2)13-14-18(15(28)25-17(30)26-16(18)29)5-8-3-9(20)4-10(21)12(8)27(14)6-11(31-13)19(22,23)24/h4,7,10,14-15H,5-6H2,1-2H3,(H2,27,28,30,31,32);3,6,9,13-14H,4-5H2,1-2H3,(H2,26,27,29,30,31);3-4,7,12-14H,5-6H2,1-2H3,(H2,25,26,28,29,30);3-4,7,11,13-14H,5-6H2,1-2H3,(H2,25,26,28,29,30)/t10-,14-,15+;9-,13-,14+;12-,13-,14+;11-,13-,14+/m0000/s1. The lowest BCUT2D eigenvalue weighted by atomic mass is 9.65. The van der Waals surface area contributed by atoms with Crippen LogP contribution in [-0.2, 0) is 83.0 Å². The highest BCUT2D eigenvalue weighted by atomic mass is 79.9. The van der Waals surface area contributed by atoms with E-state index in [-0.39, 0.29) is 38.1 Å². The van der Waals surface area contributed by atoms with Gasteiger partial charge in [-0.1, -0.05) is 55.4 Å². The average Bonchev–Trinajstić information content (AvgIpc) is 0.710. The fourth-order valence-corrected chi connectivity index (χ4v) is 19.4. The third kappa shape index (κ3) is 15.6. The van der Waals surface area contributed by atoms with Gasteiger partial charge in [-0.25, -0.2) is 59.1 Å². The number of imide groups is 8. The number of nitrogens with one attached hydrogen (secondary N) is 8. The Morgan fingerprint density at radius 3 is 0.929 bits per heavy atom. The molecular weight excluding hydrogens is 1820 g/mol. The molecule has 686 valence electrons. The van der Waals surface area contributed by atoms with E-state index >= 15 is 8.78 Å². The van der Waals surface area contributed by atoms with E-state index in [0.29, 0.717) is 6.07 Å². The van der Waals surface area contributed by atoms with Crippen LogP contribution in [0.25, 0.3) is 4.85 Å². The summed E-state index contributed by atoms with van der Waals surface area (Å²) in [6, 6.07) is -5.04. The molecule has 12 atom stereocenters. The summed E-state index contributed by atoms with van der Waals surface area (Å²) in [6.45, 7) is 15.5. The third-order valence-electron chi connectivity index (χ3n) is 24.3. The van der Waals surface area contributed by atoms with Gasteiger partial charge in [-0.3, -0.25) is 80.9 Å². The highest BCUT2D eigenvalue weighted by molar-refractivity contribution is 9.10. The third-order valence-corrected chi connectivity index (χ3v) is 24.9. The predicted octanol–water partition coefficient (Wildman–Crippen LogP) is 9.45. The zero-order chi connectivity index (χ0) is 94.0. The maximum absolute atomic E-state index is 15.1. The number of morpholine rings is 4. The quantitative estimate of drug-likeness (QED) is 0.0408. The lowest BCUT2D eigenvalue weighted by Gasteiger charge is -2.57. The van der Waals surface area contributed by atoms with E-state index in [4.69, 9.17) is 25.5 Å². The fraction of sp³-hybridized carbons (Fsp3) is 0.519. The molecule has 0 unspecified atom stereocenters. The number of benzene rings is 4. The normalized spacial score (nSPS) is 27.2. The summed E-state index contributed by atoms with van der Waals surface area (Å²) in [5, 5.41) is 15.7. The molecule has 16 rings (SSSR count). The van der Waals surface area contributed by atoms with E-state index in [9.17, 15) is 137 Å². The molecule has 12 aliphatic heterocycles. The minimum absolute atomic E-state index is 0.0277. The molecule has 16 amide bonds. The Labute approximate surface area is 711 Å². The minimum Gasteiger partial charge on any atom is -0.361 e. The van der Waals surface area contributed by atoms with Crippen molar-refractivity contribution in [1.29, 1.82) is 0 Å². The number of nitrogens with zero attached hydrogens (tertiary/aromatic N) is 5. The molecule has 0 aliphatic carbocycles. The maximum Gasteiger partial charge on any atom is 0.416 e. The Morgan fingerprint density at radius 1 is 0.354 bits per heavy atom. The molecule has 0 radical (unpaired) electrons. The number of amides is 16. The zero-order valence-corrected chi connectivity index (χ0v) is 68.1. The average molecular weight is 1890 g/mol. The molecule has 8 fully saturated rings. The van der Waals surface area contributed by atoms with E-state index < -0.39 is 330 Å². The summed E-state index contributed by atoms with van der Waals surface area (Å²) in [4.78, 5) is 158. The first-order chi connectivity index (χ1) is 58.8. The number of barbiturate groups is 4. The van der Waals surface area contributed by atoms with Gasteiger partial charge in [0.15, 0.2) is 81.0 Å². The second kappa shape index (κ2) is 32.6. The fourth-order valence-electron chi connectivity index (χ4n) is 19.0. The van der Waals surface area contributed by atoms with Gasteiger partial charge in [0.1, 0.15) is 11.6 Å². The van der Waals surface area contributed by atoms with Crippen LogP contribution in [0, 0.1) is 98.4 Å². The van der Waals surface area contributed by atoms with Gasteiger partial charge in [0.05, 0.1) is 103 Å². The molecule has 0 aromatic heterocycles. The summed E-state index contributed by atoms with van der Waals surface area (Å²) in [6.07, 6.45) is -36.2. The highest BCUT2D eigenvalue weighted by Gasteiger charge is 2.72. The summed E-state index contributed by atoms with van der Waals surface area (Å²) >= 11 is 2.85. The molecule has 8 saturated heterocycles. The Kier molecular flexibility index (Phi) is 24.0. The van der Waals surface area contributed by atoms with Crippen molar-refractivity contribution in [3.8, 4) is 0 Å². The topological polar surface area (TPSA) is 355 Å². The second-order valence-corrected chi connectivity index (χ2v) is 34.2. The Hall–Kier alpha value is -11.1. The van der Waals surface area contributed by atoms with Gasteiger partial charge in [-0.05, 0) is 92.5 Å². The molecule has 50 heteroatoms. The van der Waals surface area contributed by atoms with Crippen LogP contribution in [0.4, 0.5) is 135 Å². The molecule has 4 aromatic rings. The molecular formula is C77H70BrF20N13O16. The van der Waals surface area contributed by atoms with Crippen LogP contribution < -0.4 is 62.1 Å². The van der Waals surface area contributed by atoms with Crippen molar-refractivity contribution in [2.75, 3.05) is 45.8 Å². The van der Waals surface area contributed by atoms with Gasteiger partial charge < -0.3 is 38.5 Å². The van der Waals surface area contributed by atoms with E-state index in [1.54, 1.807) is 13.8 Å². The van der Waals surface area contributed by atoms with Crippen molar-refractivity contribution in [3.05, 3.63) is 121 Å². The summed E-state index contributed by atoms with van der Waals surface area (Å²) < 4.78 is 300. The number of halogens is 21. The number of hydrogen-bond acceptors (Lipinski definition) is 20. The van der Waals surface area contributed by atoms with Crippen molar-refractivity contribution >= 4 is 116 Å². The summed E-state index contributed by atoms with van der Waals surface area (Å²) in [7, 11) is 0. The van der Waals surface area contributed by atoms with Gasteiger partial charge in [-0.15, -0.1) is 0 Å². The minimum atomic E-state index is -4.89. The first-order valence-corrected chi connectivity index (χ1v) is 39.3. The molecule has 8 N–H and O–H groups in total. The molecule has 4 spiro atoms.